The molecule has 2 aromatic heterocycles. The van der Waals surface area contributed by atoms with Crippen LogP contribution >= 0.6 is 11.3 Å². The summed E-state index contributed by atoms with van der Waals surface area (Å²) in [5.41, 5.74) is 9.07. The lowest BCUT2D eigenvalue weighted by atomic mass is 10.1. The van der Waals surface area contributed by atoms with Gasteiger partial charge in [-0.3, -0.25) is 4.40 Å². The Kier molecular flexibility index (Phi) is 5.06. The fraction of sp³-hybridized carbons (Fsp3) is 0.389. The molecule has 0 saturated carbocycles. The molecular formula is C18H23N3O2S. The third-order valence-electron chi connectivity index (χ3n) is 3.65. The topological polar surface area (TPSA) is 61.8 Å². The molecule has 2 heterocycles. The summed E-state index contributed by atoms with van der Waals surface area (Å²) in [6.07, 6.45) is 2.90. The van der Waals surface area contributed by atoms with Gasteiger partial charge in [0.2, 0.25) is 0 Å². The van der Waals surface area contributed by atoms with E-state index in [1.165, 1.54) is 5.69 Å². The maximum Gasteiger partial charge on any atom is 0.194 e. The SMILES string of the molecule is CCOc1ccc(-c2cn3c(CC(C)N)csc3n2)cc1OCC. The van der Waals surface area contributed by atoms with E-state index < -0.39 is 0 Å². The van der Waals surface area contributed by atoms with Gasteiger partial charge in [0.1, 0.15) is 0 Å². The van der Waals surface area contributed by atoms with Gasteiger partial charge in [0, 0.05) is 35.3 Å². The van der Waals surface area contributed by atoms with E-state index in [-0.39, 0.29) is 6.04 Å². The van der Waals surface area contributed by atoms with Crippen molar-refractivity contribution in [3.8, 4) is 22.8 Å². The highest BCUT2D eigenvalue weighted by Gasteiger charge is 2.13. The molecule has 0 aliphatic heterocycles. The molecule has 3 aromatic rings. The third kappa shape index (κ3) is 3.39. The lowest BCUT2D eigenvalue weighted by molar-refractivity contribution is 0.288. The molecule has 5 nitrogen and oxygen atoms in total. The molecule has 0 radical (unpaired) electrons. The molecule has 0 fully saturated rings. The summed E-state index contributed by atoms with van der Waals surface area (Å²) in [5, 5.41) is 2.12. The summed E-state index contributed by atoms with van der Waals surface area (Å²) in [6, 6.07) is 6.08. The summed E-state index contributed by atoms with van der Waals surface area (Å²) in [5.74, 6) is 1.52. The number of hydrogen-bond donors (Lipinski definition) is 1. The number of aromatic nitrogens is 2. The molecule has 1 unspecified atom stereocenters. The van der Waals surface area contributed by atoms with Crippen molar-refractivity contribution in [2.75, 3.05) is 13.2 Å². The zero-order valence-electron chi connectivity index (χ0n) is 14.3. The minimum atomic E-state index is 0.128. The monoisotopic (exact) mass is 345 g/mol. The minimum absolute atomic E-state index is 0.128. The number of thiazole rings is 1. The van der Waals surface area contributed by atoms with E-state index in [9.17, 15) is 0 Å². The van der Waals surface area contributed by atoms with Crippen LogP contribution in [0, 0.1) is 0 Å². The summed E-state index contributed by atoms with van der Waals surface area (Å²) in [7, 11) is 0. The highest BCUT2D eigenvalue weighted by molar-refractivity contribution is 7.15. The Balaban J connectivity index is 1.97. The molecule has 1 aromatic carbocycles. The summed E-state index contributed by atoms with van der Waals surface area (Å²) in [4.78, 5) is 5.71. The van der Waals surface area contributed by atoms with Crippen LogP contribution in [0.1, 0.15) is 26.5 Å². The molecule has 1 atom stereocenters. The predicted molar refractivity (Wildman–Crippen MR) is 98.2 cm³/mol. The molecule has 0 saturated heterocycles. The van der Waals surface area contributed by atoms with Gasteiger partial charge in [-0.2, -0.15) is 0 Å². The van der Waals surface area contributed by atoms with Crippen LogP contribution in [0.3, 0.4) is 0 Å². The first-order valence-electron chi connectivity index (χ1n) is 8.23. The zero-order chi connectivity index (χ0) is 17.1. The molecule has 0 aliphatic carbocycles. The second-order valence-electron chi connectivity index (χ2n) is 5.71. The number of rotatable bonds is 7. The van der Waals surface area contributed by atoms with Crippen molar-refractivity contribution in [2.45, 2.75) is 33.2 Å². The summed E-state index contributed by atoms with van der Waals surface area (Å²) < 4.78 is 13.5. The van der Waals surface area contributed by atoms with E-state index in [1.807, 2.05) is 39.0 Å². The highest BCUT2D eigenvalue weighted by Crippen LogP contribution is 2.33. The van der Waals surface area contributed by atoms with Gasteiger partial charge in [-0.05, 0) is 39.0 Å². The quantitative estimate of drug-likeness (QED) is 0.708. The first-order chi connectivity index (χ1) is 11.6. The molecule has 6 heteroatoms. The van der Waals surface area contributed by atoms with E-state index in [1.54, 1.807) is 11.3 Å². The smallest absolute Gasteiger partial charge is 0.194 e. The molecular weight excluding hydrogens is 322 g/mol. The second kappa shape index (κ2) is 7.23. The number of nitrogens with zero attached hydrogens (tertiary/aromatic N) is 2. The van der Waals surface area contributed by atoms with Crippen molar-refractivity contribution in [1.82, 2.24) is 9.38 Å². The molecule has 2 N–H and O–H groups in total. The van der Waals surface area contributed by atoms with E-state index in [4.69, 9.17) is 20.2 Å². The van der Waals surface area contributed by atoms with Gasteiger partial charge < -0.3 is 15.2 Å². The summed E-state index contributed by atoms with van der Waals surface area (Å²) >= 11 is 1.64. The van der Waals surface area contributed by atoms with Crippen molar-refractivity contribution in [3.63, 3.8) is 0 Å². The Labute approximate surface area is 146 Å². The van der Waals surface area contributed by atoms with Crippen molar-refractivity contribution < 1.29 is 9.47 Å². The number of fused-ring (bicyclic) bond motifs is 1. The molecule has 0 spiro atoms. The number of imidazole rings is 1. The van der Waals surface area contributed by atoms with E-state index in [0.29, 0.717) is 13.2 Å². The van der Waals surface area contributed by atoms with E-state index >= 15 is 0 Å². The van der Waals surface area contributed by atoms with Crippen molar-refractivity contribution in [2.24, 2.45) is 5.73 Å². The maximum absolute atomic E-state index is 5.93. The van der Waals surface area contributed by atoms with Gasteiger partial charge in [-0.25, -0.2) is 4.98 Å². The lowest BCUT2D eigenvalue weighted by Crippen LogP contribution is -2.18. The lowest BCUT2D eigenvalue weighted by Gasteiger charge is -2.11. The first-order valence-corrected chi connectivity index (χ1v) is 9.11. The van der Waals surface area contributed by atoms with E-state index in [2.05, 4.69) is 16.0 Å². The summed E-state index contributed by atoms with van der Waals surface area (Å²) in [6.45, 7) is 7.16. The maximum atomic E-state index is 5.93. The van der Waals surface area contributed by atoms with Crippen LogP contribution in [0.4, 0.5) is 0 Å². The Hall–Kier alpha value is -2.05. The van der Waals surface area contributed by atoms with Crippen LogP contribution in [0.25, 0.3) is 16.2 Å². The van der Waals surface area contributed by atoms with Crippen LogP contribution in [0.5, 0.6) is 11.5 Å². The average molecular weight is 345 g/mol. The number of hydrogen-bond acceptors (Lipinski definition) is 5. The Morgan fingerprint density at radius 1 is 1.21 bits per heavy atom. The van der Waals surface area contributed by atoms with Crippen molar-refractivity contribution in [1.29, 1.82) is 0 Å². The third-order valence-corrected chi connectivity index (χ3v) is 4.54. The molecule has 0 amide bonds. The number of nitrogens with two attached hydrogens (primary N) is 1. The standard InChI is InChI=1S/C18H23N3O2S/c1-4-22-16-7-6-13(9-17(16)23-5-2)15-10-21-14(8-12(3)19)11-24-18(21)20-15/h6-7,9-12H,4-5,8,19H2,1-3H3. The van der Waals surface area contributed by atoms with Crippen molar-refractivity contribution >= 4 is 16.3 Å². The molecule has 3 rings (SSSR count). The minimum Gasteiger partial charge on any atom is -0.490 e. The van der Waals surface area contributed by atoms with Gasteiger partial charge in [0.15, 0.2) is 16.5 Å². The van der Waals surface area contributed by atoms with Gasteiger partial charge in [-0.15, -0.1) is 11.3 Å². The fourth-order valence-electron chi connectivity index (χ4n) is 2.66. The van der Waals surface area contributed by atoms with Gasteiger partial charge >= 0.3 is 0 Å². The van der Waals surface area contributed by atoms with Crippen molar-refractivity contribution in [3.05, 3.63) is 35.5 Å². The van der Waals surface area contributed by atoms with Crippen LogP contribution < -0.4 is 15.2 Å². The second-order valence-corrected chi connectivity index (χ2v) is 6.55. The molecule has 128 valence electrons. The van der Waals surface area contributed by atoms with Crippen LogP contribution in [-0.2, 0) is 6.42 Å². The Morgan fingerprint density at radius 3 is 2.67 bits per heavy atom. The van der Waals surface area contributed by atoms with Crippen LogP contribution in [0.15, 0.2) is 29.8 Å². The normalized spacial score (nSPS) is 12.5. The Bertz CT molecular complexity index is 823. The van der Waals surface area contributed by atoms with Gasteiger partial charge in [-0.1, -0.05) is 0 Å². The van der Waals surface area contributed by atoms with Crippen LogP contribution in [0.2, 0.25) is 0 Å². The largest absolute Gasteiger partial charge is 0.490 e. The number of benzene rings is 1. The first kappa shape index (κ1) is 16.8. The molecule has 24 heavy (non-hydrogen) atoms. The van der Waals surface area contributed by atoms with E-state index in [0.717, 1.165) is 34.1 Å². The van der Waals surface area contributed by atoms with Gasteiger partial charge in [0.05, 0.1) is 18.9 Å². The zero-order valence-corrected chi connectivity index (χ0v) is 15.1. The molecule has 0 aliphatic rings. The highest BCUT2D eigenvalue weighted by atomic mass is 32.1. The van der Waals surface area contributed by atoms with Gasteiger partial charge in [0.25, 0.3) is 0 Å². The average Bonchev–Trinajstić information content (AvgIpc) is 3.11. The van der Waals surface area contributed by atoms with Crippen LogP contribution in [-0.4, -0.2) is 28.6 Å². The predicted octanol–water partition coefficient (Wildman–Crippen LogP) is 3.75. The fourth-order valence-corrected chi connectivity index (χ4v) is 3.54. The Morgan fingerprint density at radius 2 is 1.96 bits per heavy atom. The molecule has 0 bridgehead atoms. The number of ether oxygens (including phenoxy) is 2.